The Morgan fingerprint density at radius 2 is 2.47 bits per heavy atom. The zero-order valence-electron chi connectivity index (χ0n) is 9.24. The molecule has 0 aliphatic rings. The van der Waals surface area contributed by atoms with Gasteiger partial charge in [0.25, 0.3) is 0 Å². The van der Waals surface area contributed by atoms with Crippen molar-refractivity contribution in [3.8, 4) is 0 Å². The Morgan fingerprint density at radius 3 is 3.07 bits per heavy atom. The molecule has 0 aliphatic heterocycles. The highest BCUT2D eigenvalue weighted by Gasteiger charge is 2.06. The molecule has 1 unspecified atom stereocenters. The zero-order valence-corrected chi connectivity index (χ0v) is 10.9. The van der Waals surface area contributed by atoms with Crippen molar-refractivity contribution in [3.63, 3.8) is 0 Å². The number of nitrogens with two attached hydrogens (primary N) is 1. The summed E-state index contributed by atoms with van der Waals surface area (Å²) in [5.41, 5.74) is 4.34. The Morgan fingerprint density at radius 1 is 1.60 bits per heavy atom. The van der Waals surface area contributed by atoms with Crippen LogP contribution in [0.1, 0.15) is 25.3 Å². The fourth-order valence-corrected chi connectivity index (χ4v) is 3.07. The second-order valence-electron chi connectivity index (χ2n) is 3.61. The lowest BCUT2D eigenvalue weighted by molar-refractivity contribution is 0.539. The largest absolute Gasteiger partial charge is 0.271 e. The van der Waals surface area contributed by atoms with Gasteiger partial charge in [-0.3, -0.25) is 11.3 Å². The SMILES string of the molecule is CCCSCC(CCc1ccsc1)NN. The maximum Gasteiger partial charge on any atom is 0.0304 e. The molecule has 0 bridgehead atoms. The van der Waals surface area contributed by atoms with Crippen LogP contribution in [0, 0.1) is 0 Å². The summed E-state index contributed by atoms with van der Waals surface area (Å²) in [4.78, 5) is 0. The highest BCUT2D eigenvalue weighted by atomic mass is 32.2. The van der Waals surface area contributed by atoms with Crippen LogP contribution >= 0.6 is 23.1 Å². The van der Waals surface area contributed by atoms with Crippen molar-refractivity contribution in [2.75, 3.05) is 11.5 Å². The van der Waals surface area contributed by atoms with Gasteiger partial charge in [0.2, 0.25) is 0 Å². The normalized spacial score (nSPS) is 12.9. The van der Waals surface area contributed by atoms with Gasteiger partial charge in [-0.05, 0) is 47.4 Å². The topological polar surface area (TPSA) is 38.0 Å². The fraction of sp³-hybridized carbons (Fsp3) is 0.636. The van der Waals surface area contributed by atoms with E-state index in [1.165, 1.54) is 17.7 Å². The molecule has 0 fully saturated rings. The molecule has 0 radical (unpaired) electrons. The standard InChI is InChI=1S/C11H20N2S2/c1-2-6-14-9-11(13-12)4-3-10-5-7-15-8-10/h5,7-8,11,13H,2-4,6,9,12H2,1H3. The molecule has 0 aliphatic carbocycles. The summed E-state index contributed by atoms with van der Waals surface area (Å²) in [6.45, 7) is 2.21. The summed E-state index contributed by atoms with van der Waals surface area (Å²) in [7, 11) is 0. The van der Waals surface area contributed by atoms with Crippen LogP contribution < -0.4 is 11.3 Å². The van der Waals surface area contributed by atoms with Crippen LogP contribution in [0.25, 0.3) is 0 Å². The van der Waals surface area contributed by atoms with Crippen LogP contribution in [0.3, 0.4) is 0 Å². The van der Waals surface area contributed by atoms with E-state index in [1.807, 2.05) is 11.8 Å². The third-order valence-corrected chi connectivity index (χ3v) is 4.33. The first-order valence-electron chi connectivity index (χ1n) is 5.41. The van der Waals surface area contributed by atoms with Crippen LogP contribution in [0.5, 0.6) is 0 Å². The molecule has 1 heterocycles. The van der Waals surface area contributed by atoms with Crippen molar-refractivity contribution < 1.29 is 0 Å². The number of nitrogens with one attached hydrogen (secondary N) is 1. The van der Waals surface area contributed by atoms with E-state index in [1.54, 1.807) is 11.3 Å². The Balaban J connectivity index is 2.16. The maximum absolute atomic E-state index is 5.53. The van der Waals surface area contributed by atoms with Crippen LogP contribution in [-0.2, 0) is 6.42 Å². The zero-order chi connectivity index (χ0) is 10.9. The van der Waals surface area contributed by atoms with Gasteiger partial charge in [0.1, 0.15) is 0 Å². The summed E-state index contributed by atoms with van der Waals surface area (Å²) in [5, 5.41) is 4.35. The van der Waals surface area contributed by atoms with Gasteiger partial charge in [0, 0.05) is 11.8 Å². The lowest BCUT2D eigenvalue weighted by Gasteiger charge is -2.14. The number of hydrogen-bond acceptors (Lipinski definition) is 4. The highest BCUT2D eigenvalue weighted by Crippen LogP contribution is 2.12. The average Bonchev–Trinajstić information content (AvgIpc) is 2.76. The van der Waals surface area contributed by atoms with E-state index in [9.17, 15) is 0 Å². The summed E-state index contributed by atoms with van der Waals surface area (Å²) >= 11 is 3.75. The fourth-order valence-electron chi connectivity index (χ4n) is 1.36. The van der Waals surface area contributed by atoms with Gasteiger partial charge in [0.05, 0.1) is 0 Å². The third-order valence-electron chi connectivity index (χ3n) is 2.26. The van der Waals surface area contributed by atoms with Gasteiger partial charge >= 0.3 is 0 Å². The molecular formula is C11H20N2S2. The van der Waals surface area contributed by atoms with Gasteiger partial charge in [0.15, 0.2) is 0 Å². The van der Waals surface area contributed by atoms with Gasteiger partial charge in [-0.15, -0.1) is 0 Å². The molecule has 4 heteroatoms. The first-order valence-corrected chi connectivity index (χ1v) is 7.51. The summed E-state index contributed by atoms with van der Waals surface area (Å²) in [6.07, 6.45) is 3.50. The second kappa shape index (κ2) is 8.16. The Kier molecular flexibility index (Phi) is 7.09. The minimum absolute atomic E-state index is 0.446. The van der Waals surface area contributed by atoms with Gasteiger partial charge < -0.3 is 0 Å². The molecule has 0 saturated heterocycles. The molecule has 1 rings (SSSR count). The molecule has 1 aromatic rings. The monoisotopic (exact) mass is 244 g/mol. The van der Waals surface area contributed by atoms with E-state index in [4.69, 9.17) is 5.84 Å². The Bertz CT molecular complexity index is 237. The molecular weight excluding hydrogens is 224 g/mol. The number of thioether (sulfide) groups is 1. The molecule has 0 saturated carbocycles. The number of rotatable bonds is 8. The second-order valence-corrected chi connectivity index (χ2v) is 5.54. The molecule has 15 heavy (non-hydrogen) atoms. The molecule has 0 amide bonds. The Labute approximate surface area is 101 Å². The minimum atomic E-state index is 0.446. The number of hydrogen-bond donors (Lipinski definition) is 2. The van der Waals surface area contributed by atoms with Crippen LogP contribution in [0.15, 0.2) is 16.8 Å². The van der Waals surface area contributed by atoms with Crippen LogP contribution in [0.4, 0.5) is 0 Å². The van der Waals surface area contributed by atoms with Crippen molar-refractivity contribution in [2.45, 2.75) is 32.2 Å². The smallest absolute Gasteiger partial charge is 0.0304 e. The highest BCUT2D eigenvalue weighted by molar-refractivity contribution is 7.99. The van der Waals surface area contributed by atoms with Crippen molar-refractivity contribution in [1.29, 1.82) is 0 Å². The van der Waals surface area contributed by atoms with E-state index in [0.717, 1.165) is 18.6 Å². The predicted molar refractivity (Wildman–Crippen MR) is 71.4 cm³/mol. The predicted octanol–water partition coefficient (Wildman–Crippen LogP) is 2.66. The molecule has 0 aromatic carbocycles. The lowest BCUT2D eigenvalue weighted by atomic mass is 10.1. The molecule has 1 atom stereocenters. The minimum Gasteiger partial charge on any atom is -0.271 e. The van der Waals surface area contributed by atoms with Crippen molar-refractivity contribution in [1.82, 2.24) is 5.43 Å². The summed E-state index contributed by atoms with van der Waals surface area (Å²) < 4.78 is 0. The number of hydrazine groups is 1. The van der Waals surface area contributed by atoms with Crippen LogP contribution in [0.2, 0.25) is 0 Å². The van der Waals surface area contributed by atoms with E-state index in [-0.39, 0.29) is 0 Å². The molecule has 86 valence electrons. The molecule has 2 nitrogen and oxygen atoms in total. The van der Waals surface area contributed by atoms with Crippen molar-refractivity contribution >= 4 is 23.1 Å². The van der Waals surface area contributed by atoms with Gasteiger partial charge in [-0.2, -0.15) is 23.1 Å². The number of thiophene rings is 1. The lowest BCUT2D eigenvalue weighted by Crippen LogP contribution is -2.37. The van der Waals surface area contributed by atoms with E-state index in [0.29, 0.717) is 6.04 Å². The Hall–Kier alpha value is -0.0300. The van der Waals surface area contributed by atoms with Crippen LogP contribution in [-0.4, -0.2) is 17.5 Å². The van der Waals surface area contributed by atoms with Gasteiger partial charge in [-0.1, -0.05) is 6.92 Å². The molecule has 0 spiro atoms. The first-order chi connectivity index (χ1) is 7.36. The maximum atomic E-state index is 5.53. The van der Waals surface area contributed by atoms with E-state index in [2.05, 4.69) is 29.2 Å². The number of aryl methyl sites for hydroxylation is 1. The van der Waals surface area contributed by atoms with Gasteiger partial charge in [-0.25, -0.2) is 0 Å². The first kappa shape index (κ1) is 13.0. The third kappa shape index (κ3) is 5.56. The van der Waals surface area contributed by atoms with Crippen molar-refractivity contribution in [3.05, 3.63) is 22.4 Å². The van der Waals surface area contributed by atoms with E-state index >= 15 is 0 Å². The van der Waals surface area contributed by atoms with Crippen molar-refractivity contribution in [2.24, 2.45) is 5.84 Å². The summed E-state index contributed by atoms with van der Waals surface area (Å²) in [5.74, 6) is 7.89. The van der Waals surface area contributed by atoms with E-state index < -0.39 is 0 Å². The average molecular weight is 244 g/mol. The molecule has 1 aromatic heterocycles. The quantitative estimate of drug-likeness (QED) is 0.419. The molecule has 3 N–H and O–H groups in total. The summed E-state index contributed by atoms with van der Waals surface area (Å²) in [6, 6.07) is 2.64.